The molecule has 0 aliphatic carbocycles. The Kier molecular flexibility index (Phi) is 7.32. The number of halogens is 1. The van der Waals surface area contributed by atoms with Crippen molar-refractivity contribution < 1.29 is 18.7 Å². The Hall–Kier alpha value is -1.91. The fourth-order valence-electron chi connectivity index (χ4n) is 1.77. The molecule has 0 saturated carbocycles. The van der Waals surface area contributed by atoms with Crippen LogP contribution in [0.1, 0.15) is 38.5 Å². The largest absolute Gasteiger partial charge is 0.469 e. The van der Waals surface area contributed by atoms with E-state index in [1.54, 1.807) is 0 Å². The fourth-order valence-corrected chi connectivity index (χ4v) is 1.77. The fraction of sp³-hybridized carbons (Fsp3) is 0.467. The molecule has 0 atom stereocenters. The summed E-state index contributed by atoms with van der Waals surface area (Å²) in [7, 11) is 1.38. The van der Waals surface area contributed by atoms with Gasteiger partial charge in [0.15, 0.2) is 0 Å². The van der Waals surface area contributed by atoms with Crippen molar-refractivity contribution in [3.05, 3.63) is 30.1 Å². The first-order chi connectivity index (χ1) is 9.61. The van der Waals surface area contributed by atoms with Crippen LogP contribution in [0.2, 0.25) is 0 Å². The molecule has 0 aliphatic rings. The van der Waals surface area contributed by atoms with Crippen LogP contribution in [0.3, 0.4) is 0 Å². The smallest absolute Gasteiger partial charge is 0.305 e. The topological polar surface area (TPSA) is 55.4 Å². The summed E-state index contributed by atoms with van der Waals surface area (Å²) in [5.41, 5.74) is 0.599. The Morgan fingerprint density at radius 1 is 1.05 bits per heavy atom. The van der Waals surface area contributed by atoms with E-state index in [9.17, 15) is 14.0 Å². The molecule has 1 rings (SSSR count). The van der Waals surface area contributed by atoms with Gasteiger partial charge in [0, 0.05) is 18.5 Å². The zero-order valence-corrected chi connectivity index (χ0v) is 11.7. The van der Waals surface area contributed by atoms with Gasteiger partial charge in [0.1, 0.15) is 5.82 Å². The van der Waals surface area contributed by atoms with Gasteiger partial charge in [-0.25, -0.2) is 4.39 Å². The van der Waals surface area contributed by atoms with Gasteiger partial charge < -0.3 is 10.1 Å². The minimum Gasteiger partial charge on any atom is -0.469 e. The maximum atomic E-state index is 12.7. The van der Waals surface area contributed by atoms with Crippen molar-refractivity contribution in [3.63, 3.8) is 0 Å². The van der Waals surface area contributed by atoms with Gasteiger partial charge in [0.25, 0.3) is 0 Å². The molecule has 0 radical (unpaired) electrons. The number of benzene rings is 1. The molecular formula is C15H20FNO3. The maximum Gasteiger partial charge on any atom is 0.305 e. The van der Waals surface area contributed by atoms with Gasteiger partial charge in [-0.2, -0.15) is 0 Å². The first-order valence-corrected chi connectivity index (χ1v) is 6.74. The molecule has 5 heteroatoms. The van der Waals surface area contributed by atoms with Crippen LogP contribution >= 0.6 is 0 Å². The Labute approximate surface area is 118 Å². The average Bonchev–Trinajstić information content (AvgIpc) is 2.44. The number of unbranched alkanes of at least 4 members (excludes halogenated alkanes) is 3. The number of rotatable bonds is 8. The summed E-state index contributed by atoms with van der Waals surface area (Å²) in [6.07, 6.45) is 4.21. The minimum absolute atomic E-state index is 0.0791. The second-order valence-corrected chi connectivity index (χ2v) is 4.55. The van der Waals surface area contributed by atoms with Crippen LogP contribution < -0.4 is 5.32 Å². The van der Waals surface area contributed by atoms with Crippen LogP contribution in [-0.4, -0.2) is 19.0 Å². The molecule has 4 nitrogen and oxygen atoms in total. The molecule has 0 bridgehead atoms. The normalized spacial score (nSPS) is 10.1. The molecule has 0 unspecified atom stereocenters. The van der Waals surface area contributed by atoms with E-state index in [2.05, 4.69) is 10.1 Å². The molecule has 20 heavy (non-hydrogen) atoms. The Balaban J connectivity index is 2.08. The lowest BCUT2D eigenvalue weighted by atomic mass is 10.1. The van der Waals surface area contributed by atoms with Crippen LogP contribution in [0.25, 0.3) is 0 Å². The highest BCUT2D eigenvalue weighted by Crippen LogP contribution is 2.10. The zero-order valence-electron chi connectivity index (χ0n) is 11.7. The number of nitrogens with one attached hydrogen (secondary N) is 1. The molecule has 0 heterocycles. The predicted molar refractivity (Wildman–Crippen MR) is 74.7 cm³/mol. The molecule has 1 N–H and O–H groups in total. The first-order valence-electron chi connectivity index (χ1n) is 6.74. The zero-order chi connectivity index (χ0) is 14.8. The van der Waals surface area contributed by atoms with Crippen molar-refractivity contribution in [1.29, 1.82) is 0 Å². The lowest BCUT2D eigenvalue weighted by Gasteiger charge is -2.05. The van der Waals surface area contributed by atoms with E-state index < -0.39 is 0 Å². The monoisotopic (exact) mass is 280 g/mol. The Morgan fingerprint density at radius 2 is 1.65 bits per heavy atom. The molecule has 1 aromatic rings. The number of anilines is 1. The van der Waals surface area contributed by atoms with Gasteiger partial charge >= 0.3 is 5.97 Å². The van der Waals surface area contributed by atoms with Crippen LogP contribution in [0.5, 0.6) is 0 Å². The summed E-state index contributed by atoms with van der Waals surface area (Å²) < 4.78 is 17.2. The summed E-state index contributed by atoms with van der Waals surface area (Å²) in [5, 5.41) is 2.71. The lowest BCUT2D eigenvalue weighted by Crippen LogP contribution is -2.10. The lowest BCUT2D eigenvalue weighted by molar-refractivity contribution is -0.140. The van der Waals surface area contributed by atoms with Gasteiger partial charge in [-0.1, -0.05) is 12.8 Å². The van der Waals surface area contributed by atoms with Gasteiger partial charge in [-0.05, 0) is 37.1 Å². The molecule has 110 valence electrons. The van der Waals surface area contributed by atoms with Gasteiger partial charge in [-0.15, -0.1) is 0 Å². The van der Waals surface area contributed by atoms with E-state index in [0.717, 1.165) is 25.7 Å². The standard InChI is InChI=1S/C15H20FNO3/c1-20-15(19)7-5-3-2-4-6-14(18)17-13-10-8-12(16)9-11-13/h8-11H,2-7H2,1H3,(H,17,18)/i16-1. The van der Waals surface area contributed by atoms with Crippen molar-refractivity contribution in [2.45, 2.75) is 38.5 Å². The summed E-state index contributed by atoms with van der Waals surface area (Å²) in [6, 6.07) is 5.68. The first kappa shape index (κ1) is 16.1. The van der Waals surface area contributed by atoms with Crippen molar-refractivity contribution in [2.75, 3.05) is 12.4 Å². The number of hydrogen-bond acceptors (Lipinski definition) is 3. The minimum atomic E-state index is -0.325. The summed E-state index contributed by atoms with van der Waals surface area (Å²) >= 11 is 0. The molecule has 0 aromatic heterocycles. The van der Waals surface area contributed by atoms with Crippen LogP contribution in [0.4, 0.5) is 10.1 Å². The quantitative estimate of drug-likeness (QED) is 0.587. The van der Waals surface area contributed by atoms with Crippen molar-refractivity contribution in [2.24, 2.45) is 0 Å². The van der Waals surface area contributed by atoms with E-state index in [4.69, 9.17) is 0 Å². The van der Waals surface area contributed by atoms with Crippen molar-refractivity contribution in [3.8, 4) is 0 Å². The molecule has 0 aliphatic heterocycles. The molecule has 1 aromatic carbocycles. The maximum absolute atomic E-state index is 12.7. The number of carbonyl (C=O) groups is 2. The highest BCUT2D eigenvalue weighted by atomic mass is 18.2. The Morgan fingerprint density at radius 3 is 2.25 bits per heavy atom. The summed E-state index contributed by atoms with van der Waals surface area (Å²) in [5.74, 6) is -0.600. The van der Waals surface area contributed by atoms with E-state index >= 15 is 0 Å². The highest BCUT2D eigenvalue weighted by Gasteiger charge is 2.03. The predicted octanol–water partition coefficient (Wildman–Crippen LogP) is 3.28. The van der Waals surface area contributed by atoms with Crippen LogP contribution in [-0.2, 0) is 14.3 Å². The molecule has 1 amide bonds. The Bertz CT molecular complexity index is 431. The number of methoxy groups -OCH3 is 1. The van der Waals surface area contributed by atoms with Crippen molar-refractivity contribution in [1.82, 2.24) is 0 Å². The number of esters is 1. The summed E-state index contributed by atoms with van der Waals surface area (Å²) in [4.78, 5) is 22.5. The third kappa shape index (κ3) is 6.87. The van der Waals surface area contributed by atoms with E-state index in [0.29, 0.717) is 18.5 Å². The van der Waals surface area contributed by atoms with Crippen molar-refractivity contribution >= 4 is 17.6 Å². The highest BCUT2D eigenvalue weighted by molar-refractivity contribution is 5.90. The number of amides is 1. The number of carbonyl (C=O) groups excluding carboxylic acids is 2. The third-order valence-corrected chi connectivity index (χ3v) is 2.89. The summed E-state index contributed by atoms with van der Waals surface area (Å²) in [6.45, 7) is 0. The third-order valence-electron chi connectivity index (χ3n) is 2.89. The second-order valence-electron chi connectivity index (χ2n) is 4.55. The van der Waals surface area contributed by atoms with E-state index in [-0.39, 0.29) is 17.7 Å². The van der Waals surface area contributed by atoms with E-state index in [1.165, 1.54) is 31.4 Å². The van der Waals surface area contributed by atoms with Crippen LogP contribution in [0, 0.1) is 5.82 Å². The van der Waals surface area contributed by atoms with Gasteiger partial charge in [0.2, 0.25) is 5.91 Å². The van der Waals surface area contributed by atoms with Gasteiger partial charge in [-0.3, -0.25) is 9.59 Å². The van der Waals surface area contributed by atoms with Crippen LogP contribution in [0.15, 0.2) is 24.3 Å². The molecular weight excluding hydrogens is 260 g/mol. The van der Waals surface area contributed by atoms with Gasteiger partial charge in [0.05, 0.1) is 7.11 Å². The molecule has 0 saturated heterocycles. The SMILES string of the molecule is COC(=O)CCCCCCC(=O)Nc1ccc([18F])cc1. The number of ether oxygens (including phenoxy) is 1. The molecule has 0 fully saturated rings. The average molecular weight is 280 g/mol. The molecule has 0 spiro atoms. The second kappa shape index (κ2) is 9.07. The number of hydrogen-bond donors (Lipinski definition) is 1. The van der Waals surface area contributed by atoms with E-state index in [1.807, 2.05) is 0 Å².